The van der Waals surface area contributed by atoms with Gasteiger partial charge in [-0.25, -0.2) is 14.2 Å². The van der Waals surface area contributed by atoms with E-state index >= 15 is 4.39 Å². The molecule has 1 aromatic carbocycles. The molecule has 1 aliphatic carbocycles. The Hall–Kier alpha value is -1.59. The Bertz CT molecular complexity index is 705. The molecule has 0 spiro atoms. The van der Waals surface area contributed by atoms with Crippen LogP contribution in [0.1, 0.15) is 43.8 Å². The fraction of sp³-hybridized carbons (Fsp3) is 0.368. The van der Waals surface area contributed by atoms with E-state index in [-0.39, 0.29) is 0 Å². The minimum atomic E-state index is -1.57. The van der Waals surface area contributed by atoms with E-state index in [0.29, 0.717) is 23.6 Å². The first-order chi connectivity index (χ1) is 12.1. The number of halogens is 2. The number of benzene rings is 1. The predicted octanol–water partition coefficient (Wildman–Crippen LogP) is 6.38. The fourth-order valence-corrected chi connectivity index (χ4v) is 3.86. The molecule has 0 N–H and O–H groups in total. The number of rotatable bonds is 4. The maximum absolute atomic E-state index is 15.6. The van der Waals surface area contributed by atoms with E-state index in [0.717, 1.165) is 35.9 Å². The minimum Gasteiger partial charge on any atom is -0.446 e. The molecule has 132 valence electrons. The van der Waals surface area contributed by atoms with Crippen LogP contribution in [-0.2, 0) is 4.74 Å². The lowest BCUT2D eigenvalue weighted by Gasteiger charge is -2.36. The third kappa shape index (κ3) is 4.73. The van der Waals surface area contributed by atoms with Gasteiger partial charge in [0.15, 0.2) is 11.8 Å². The summed E-state index contributed by atoms with van der Waals surface area (Å²) in [6.07, 6.45) is 3.86. The number of carbonyl (C=O) groups is 1. The highest BCUT2D eigenvalue weighted by Gasteiger charge is 2.44. The zero-order valence-corrected chi connectivity index (χ0v) is 15.2. The number of carbonyl (C=O) groups excluding carboxylic acids is 1. The van der Waals surface area contributed by atoms with Gasteiger partial charge in [0.1, 0.15) is 5.15 Å². The average molecular weight is 380 g/mol. The van der Waals surface area contributed by atoms with Gasteiger partial charge < -0.3 is 4.74 Å². The number of nitrogens with zero attached hydrogens (tertiary/aromatic N) is 1. The van der Waals surface area contributed by atoms with Gasteiger partial charge in [-0.2, -0.15) is 0 Å². The largest absolute Gasteiger partial charge is 0.446 e. The number of thioether (sulfide) groups is 1. The van der Waals surface area contributed by atoms with Gasteiger partial charge in [-0.1, -0.05) is 55.1 Å². The van der Waals surface area contributed by atoms with Crippen molar-refractivity contribution in [2.75, 3.05) is 0 Å². The van der Waals surface area contributed by atoms with Gasteiger partial charge in [0.2, 0.25) is 0 Å². The molecule has 0 amide bonds. The first kappa shape index (κ1) is 18.2. The van der Waals surface area contributed by atoms with Gasteiger partial charge in [-0.3, -0.25) is 0 Å². The van der Waals surface area contributed by atoms with Crippen molar-refractivity contribution in [3.63, 3.8) is 0 Å². The SMILES string of the molecule is O=C(OC(c1ccc(Cl)nc1)C1(F)CCCCC1)Sc1ccccc1. The fourth-order valence-electron chi connectivity index (χ4n) is 3.12. The number of hydrogen-bond donors (Lipinski definition) is 0. The Morgan fingerprint density at radius 3 is 2.52 bits per heavy atom. The van der Waals surface area contributed by atoms with Crippen molar-refractivity contribution in [2.24, 2.45) is 0 Å². The summed E-state index contributed by atoms with van der Waals surface area (Å²) in [5, 5.41) is -0.196. The molecule has 3 rings (SSSR count). The number of ether oxygens (including phenoxy) is 1. The zero-order chi connectivity index (χ0) is 17.7. The van der Waals surface area contributed by atoms with Crippen molar-refractivity contribution in [1.29, 1.82) is 0 Å². The molecule has 0 bridgehead atoms. The van der Waals surface area contributed by atoms with Crippen LogP contribution in [0.4, 0.5) is 9.18 Å². The highest BCUT2D eigenvalue weighted by molar-refractivity contribution is 8.13. The third-order valence-electron chi connectivity index (χ3n) is 4.37. The second-order valence-corrected chi connectivity index (χ2v) is 7.57. The van der Waals surface area contributed by atoms with Crippen LogP contribution in [0.25, 0.3) is 0 Å². The summed E-state index contributed by atoms with van der Waals surface area (Å²) < 4.78 is 21.2. The van der Waals surface area contributed by atoms with E-state index in [1.54, 1.807) is 12.1 Å². The van der Waals surface area contributed by atoms with Gasteiger partial charge in [0.05, 0.1) is 0 Å². The second kappa shape index (κ2) is 8.19. The molecule has 3 nitrogen and oxygen atoms in total. The summed E-state index contributed by atoms with van der Waals surface area (Å²) in [6, 6.07) is 12.5. The molecule has 1 atom stereocenters. The molecule has 0 radical (unpaired) electrons. The van der Waals surface area contributed by atoms with E-state index in [1.165, 1.54) is 6.20 Å². The van der Waals surface area contributed by atoms with Crippen molar-refractivity contribution in [3.05, 3.63) is 59.4 Å². The van der Waals surface area contributed by atoms with Crippen molar-refractivity contribution >= 4 is 28.7 Å². The maximum Gasteiger partial charge on any atom is 0.372 e. The number of alkyl halides is 1. The van der Waals surface area contributed by atoms with Crippen LogP contribution in [0.15, 0.2) is 53.6 Å². The molecule has 25 heavy (non-hydrogen) atoms. The summed E-state index contributed by atoms with van der Waals surface area (Å²) >= 11 is 6.79. The average Bonchev–Trinajstić information content (AvgIpc) is 2.62. The molecule has 1 heterocycles. The molecule has 1 aromatic heterocycles. The third-order valence-corrected chi connectivity index (χ3v) is 5.36. The van der Waals surface area contributed by atoms with E-state index < -0.39 is 17.1 Å². The topological polar surface area (TPSA) is 39.2 Å². The monoisotopic (exact) mass is 379 g/mol. The molecular formula is C19H19ClFNO2S. The highest BCUT2D eigenvalue weighted by Crippen LogP contribution is 2.44. The maximum atomic E-state index is 15.6. The first-order valence-electron chi connectivity index (χ1n) is 8.31. The highest BCUT2D eigenvalue weighted by atomic mass is 35.5. The molecular weight excluding hydrogens is 361 g/mol. The summed E-state index contributed by atoms with van der Waals surface area (Å²) in [6.45, 7) is 0. The van der Waals surface area contributed by atoms with Gasteiger partial charge >= 0.3 is 5.30 Å². The van der Waals surface area contributed by atoms with Crippen LogP contribution in [-0.4, -0.2) is 16.0 Å². The Balaban J connectivity index is 1.80. The van der Waals surface area contributed by atoms with Crippen molar-refractivity contribution < 1.29 is 13.9 Å². The van der Waals surface area contributed by atoms with E-state index in [9.17, 15) is 4.79 Å². The van der Waals surface area contributed by atoms with Crippen molar-refractivity contribution in [1.82, 2.24) is 4.98 Å². The van der Waals surface area contributed by atoms with Crippen LogP contribution < -0.4 is 0 Å². The molecule has 1 aliphatic rings. The summed E-state index contributed by atoms with van der Waals surface area (Å²) in [5.41, 5.74) is -1.03. The van der Waals surface area contributed by atoms with E-state index in [4.69, 9.17) is 16.3 Å². The lowest BCUT2D eigenvalue weighted by atomic mass is 9.80. The van der Waals surface area contributed by atoms with Gasteiger partial charge in [-0.05, 0) is 42.8 Å². The predicted molar refractivity (Wildman–Crippen MR) is 97.7 cm³/mol. The molecule has 1 fully saturated rings. The van der Waals surface area contributed by atoms with Crippen molar-refractivity contribution in [2.45, 2.75) is 48.8 Å². The molecule has 2 aromatic rings. The van der Waals surface area contributed by atoms with Gasteiger partial charge in [-0.15, -0.1) is 0 Å². The van der Waals surface area contributed by atoms with Crippen LogP contribution >= 0.6 is 23.4 Å². The Kier molecular flexibility index (Phi) is 5.97. The number of hydrogen-bond acceptors (Lipinski definition) is 4. The summed E-state index contributed by atoms with van der Waals surface area (Å²) in [7, 11) is 0. The normalized spacial score (nSPS) is 17.7. The summed E-state index contributed by atoms with van der Waals surface area (Å²) in [4.78, 5) is 17.2. The van der Waals surface area contributed by atoms with Crippen LogP contribution in [0.3, 0.4) is 0 Å². The van der Waals surface area contributed by atoms with E-state index in [2.05, 4.69) is 4.98 Å². The molecule has 6 heteroatoms. The number of aromatic nitrogens is 1. The zero-order valence-electron chi connectivity index (χ0n) is 13.7. The second-order valence-electron chi connectivity index (χ2n) is 6.17. The molecule has 1 unspecified atom stereocenters. The first-order valence-corrected chi connectivity index (χ1v) is 9.50. The molecule has 1 saturated carbocycles. The van der Waals surface area contributed by atoms with E-state index in [1.807, 2.05) is 30.3 Å². The Morgan fingerprint density at radius 1 is 1.16 bits per heavy atom. The minimum absolute atomic E-state index is 0.323. The molecule has 0 aliphatic heterocycles. The lowest BCUT2D eigenvalue weighted by molar-refractivity contribution is -0.0377. The Morgan fingerprint density at radius 2 is 1.88 bits per heavy atom. The molecule has 0 saturated heterocycles. The van der Waals surface area contributed by atoms with Crippen LogP contribution in [0.2, 0.25) is 5.15 Å². The summed E-state index contributed by atoms with van der Waals surface area (Å²) in [5.74, 6) is 0. The number of pyridine rings is 1. The van der Waals surface area contributed by atoms with Gasteiger partial charge in [0, 0.05) is 16.7 Å². The van der Waals surface area contributed by atoms with Gasteiger partial charge in [0.25, 0.3) is 0 Å². The van der Waals surface area contributed by atoms with Crippen LogP contribution in [0.5, 0.6) is 0 Å². The lowest BCUT2D eigenvalue weighted by Crippen LogP contribution is -2.36. The smallest absolute Gasteiger partial charge is 0.372 e. The van der Waals surface area contributed by atoms with Crippen molar-refractivity contribution in [3.8, 4) is 0 Å². The van der Waals surface area contributed by atoms with Crippen LogP contribution in [0, 0.1) is 0 Å². The standard InChI is InChI=1S/C19H19ClFNO2S/c20-16-10-9-14(13-22-16)17(19(21)11-5-2-6-12-19)24-18(23)25-15-7-3-1-4-8-15/h1,3-4,7-10,13,17H,2,5-6,11-12H2. The quantitative estimate of drug-likeness (QED) is 0.351. The Labute approximate surface area is 155 Å².